The second-order valence-corrected chi connectivity index (χ2v) is 8.94. The Labute approximate surface area is 220 Å². The summed E-state index contributed by atoms with van der Waals surface area (Å²) in [6.07, 6.45) is 1.01. The minimum atomic E-state index is -0.375. The molecule has 202 valence electrons. The number of hydrogen-bond acceptors (Lipinski definition) is 12. The van der Waals surface area contributed by atoms with Crippen LogP contribution in [0.15, 0.2) is 24.3 Å². The molecular weight excluding hydrogens is 504 g/mol. The molecule has 4 heterocycles. The van der Waals surface area contributed by atoms with Crippen molar-refractivity contribution in [1.82, 2.24) is 15.2 Å². The van der Waals surface area contributed by atoms with Crippen molar-refractivity contribution < 1.29 is 28.5 Å². The number of esters is 1. The van der Waals surface area contributed by atoms with Gasteiger partial charge in [-0.25, -0.2) is 4.79 Å². The van der Waals surface area contributed by atoms with Crippen LogP contribution in [0.3, 0.4) is 0 Å². The Morgan fingerprint density at radius 1 is 1.03 bits per heavy atom. The van der Waals surface area contributed by atoms with E-state index in [0.717, 1.165) is 31.0 Å². The maximum atomic E-state index is 11.1. The topological polar surface area (TPSA) is 134 Å². The highest BCUT2D eigenvalue weighted by molar-refractivity contribution is 6.29. The lowest BCUT2D eigenvalue weighted by Crippen LogP contribution is -2.47. The monoisotopic (exact) mass is 536 g/mol. The number of fused-ring (bicyclic) bond motifs is 2. The fourth-order valence-electron chi connectivity index (χ4n) is 4.49. The van der Waals surface area contributed by atoms with E-state index in [1.165, 1.54) is 0 Å². The first-order chi connectivity index (χ1) is 18.0. The molecule has 0 amide bonds. The Balaban J connectivity index is 1.11. The van der Waals surface area contributed by atoms with Crippen molar-refractivity contribution in [2.45, 2.75) is 25.4 Å². The maximum absolute atomic E-state index is 11.1. The van der Waals surface area contributed by atoms with Crippen LogP contribution in [0.5, 0.6) is 5.88 Å². The van der Waals surface area contributed by atoms with Gasteiger partial charge in [0.2, 0.25) is 5.88 Å². The molecule has 0 aromatic carbocycles. The summed E-state index contributed by atoms with van der Waals surface area (Å²) in [6, 6.07) is 8.19. The van der Waals surface area contributed by atoms with Gasteiger partial charge < -0.3 is 39.2 Å². The lowest BCUT2D eigenvalue weighted by Gasteiger charge is -2.36. The first-order valence-corrected chi connectivity index (χ1v) is 12.7. The molecule has 0 aliphatic carbocycles. The highest BCUT2D eigenvalue weighted by atomic mass is 35.5. The molecule has 2 aromatic heterocycles. The number of nitrogen functional groups attached to an aromatic ring is 1. The fraction of sp³-hybridized carbons (Fsp3) is 0.583. The molecular formula is C24H33ClN6O6. The maximum Gasteiger partial charge on any atom is 0.332 e. The second kappa shape index (κ2) is 13.6. The summed E-state index contributed by atoms with van der Waals surface area (Å²) in [6.45, 7) is 6.05. The normalized spacial score (nSPS) is 18.4. The number of aromatic nitrogens is 3. The summed E-state index contributed by atoms with van der Waals surface area (Å²) in [5, 5.41) is 8.10. The molecule has 2 N–H and O–H groups in total. The number of rotatable bonds is 15. The number of halogens is 1. The molecule has 2 aromatic rings. The number of ether oxygens (including phenoxy) is 5. The predicted molar refractivity (Wildman–Crippen MR) is 137 cm³/mol. The van der Waals surface area contributed by atoms with E-state index in [9.17, 15) is 4.79 Å². The number of hydrogen-bond donors (Lipinski definition) is 1. The lowest BCUT2D eigenvalue weighted by molar-refractivity contribution is -0.149. The highest BCUT2D eigenvalue weighted by Crippen LogP contribution is 2.39. The SMILES string of the molecule is CCOC(=O)COCCOCCOCCOc1cccc(N2C[C@H]3C[C@@H]2CN3c2cc(Cl)nnc2N)n1. The summed E-state index contributed by atoms with van der Waals surface area (Å²) in [5.74, 6) is 1.47. The molecule has 2 fully saturated rings. The number of nitrogens with two attached hydrogens (primary N) is 1. The van der Waals surface area contributed by atoms with E-state index in [1.54, 1.807) is 13.0 Å². The second-order valence-electron chi connectivity index (χ2n) is 8.55. The third kappa shape index (κ3) is 7.54. The van der Waals surface area contributed by atoms with E-state index in [4.69, 9.17) is 46.0 Å². The van der Waals surface area contributed by atoms with Crippen molar-refractivity contribution in [2.24, 2.45) is 0 Å². The van der Waals surface area contributed by atoms with Gasteiger partial charge in [-0.1, -0.05) is 17.7 Å². The van der Waals surface area contributed by atoms with Crippen LogP contribution in [0.4, 0.5) is 17.3 Å². The zero-order valence-electron chi connectivity index (χ0n) is 20.9. The van der Waals surface area contributed by atoms with E-state index in [1.807, 2.05) is 18.2 Å². The van der Waals surface area contributed by atoms with Crippen molar-refractivity contribution in [3.05, 3.63) is 29.4 Å². The summed E-state index contributed by atoms with van der Waals surface area (Å²) < 4.78 is 26.6. The van der Waals surface area contributed by atoms with Crippen LogP contribution in [0.1, 0.15) is 13.3 Å². The van der Waals surface area contributed by atoms with E-state index in [0.29, 0.717) is 75.2 Å². The van der Waals surface area contributed by atoms with Crippen LogP contribution < -0.4 is 20.3 Å². The Morgan fingerprint density at radius 3 is 2.46 bits per heavy atom. The summed E-state index contributed by atoms with van der Waals surface area (Å²) in [4.78, 5) is 20.4. The molecule has 37 heavy (non-hydrogen) atoms. The Hall–Kier alpha value is -2.93. The third-order valence-corrected chi connectivity index (χ3v) is 6.26. The van der Waals surface area contributed by atoms with E-state index in [-0.39, 0.29) is 12.6 Å². The number of carbonyl (C=O) groups is 1. The third-order valence-electron chi connectivity index (χ3n) is 6.07. The molecule has 0 spiro atoms. The number of pyridine rings is 1. The van der Waals surface area contributed by atoms with Crippen molar-refractivity contribution in [2.75, 3.05) is 81.5 Å². The zero-order chi connectivity index (χ0) is 26.0. The van der Waals surface area contributed by atoms with Gasteiger partial charge in [0, 0.05) is 31.3 Å². The predicted octanol–water partition coefficient (Wildman–Crippen LogP) is 1.57. The van der Waals surface area contributed by atoms with Gasteiger partial charge in [0.15, 0.2) is 11.0 Å². The number of anilines is 3. The minimum Gasteiger partial charge on any atom is -0.475 e. The van der Waals surface area contributed by atoms with E-state index < -0.39 is 0 Å². The Morgan fingerprint density at radius 2 is 1.73 bits per heavy atom. The Kier molecular flexibility index (Phi) is 9.94. The largest absolute Gasteiger partial charge is 0.475 e. The van der Waals surface area contributed by atoms with Crippen molar-refractivity contribution in [3.8, 4) is 5.88 Å². The Bertz CT molecular complexity index is 1030. The molecule has 4 rings (SSSR count). The first-order valence-electron chi connectivity index (χ1n) is 12.4. The molecule has 2 bridgehead atoms. The quantitative estimate of drug-likeness (QED) is 0.261. The standard InChI is InChI=1S/C24H33ClN6O6/c1-2-36-23(32)16-35-9-8-33-6-7-34-10-11-37-22-5-3-4-21(27-22)31-15-17-12-18(31)14-30(17)19-13-20(25)28-29-24(19)26/h3-5,13,17-18H,2,6-12,14-16H2,1H3,(H2,26,29)/t17-,18-/m1/s1. The molecule has 0 saturated carbocycles. The molecule has 2 atom stereocenters. The van der Waals surface area contributed by atoms with Crippen molar-refractivity contribution in [1.29, 1.82) is 0 Å². The average molecular weight is 537 g/mol. The van der Waals surface area contributed by atoms with Crippen LogP contribution in [0.2, 0.25) is 5.15 Å². The summed E-state index contributed by atoms with van der Waals surface area (Å²) in [5.41, 5.74) is 6.88. The van der Waals surface area contributed by atoms with Gasteiger partial charge >= 0.3 is 5.97 Å². The molecule has 2 aliphatic rings. The molecule has 0 unspecified atom stereocenters. The molecule has 12 nitrogen and oxygen atoms in total. The van der Waals surface area contributed by atoms with Crippen molar-refractivity contribution in [3.63, 3.8) is 0 Å². The summed E-state index contributed by atoms with van der Waals surface area (Å²) >= 11 is 6.03. The number of piperazine rings is 1. The molecule has 0 radical (unpaired) electrons. The fourth-order valence-corrected chi connectivity index (χ4v) is 4.63. The van der Waals surface area contributed by atoms with Gasteiger partial charge in [-0.15, -0.1) is 10.2 Å². The number of carbonyl (C=O) groups excluding carboxylic acids is 1. The van der Waals surface area contributed by atoms with Crippen molar-refractivity contribution >= 4 is 34.9 Å². The highest BCUT2D eigenvalue weighted by Gasteiger charge is 2.44. The van der Waals surface area contributed by atoms with Gasteiger partial charge in [-0.05, 0) is 19.4 Å². The zero-order valence-corrected chi connectivity index (χ0v) is 21.6. The molecule has 13 heteroatoms. The van der Waals surface area contributed by atoms with Crippen LogP contribution in [0, 0.1) is 0 Å². The van der Waals surface area contributed by atoms with Gasteiger partial charge in [-0.2, -0.15) is 4.98 Å². The van der Waals surface area contributed by atoms with Crippen LogP contribution in [-0.4, -0.2) is 99.2 Å². The van der Waals surface area contributed by atoms with Gasteiger partial charge in [0.25, 0.3) is 0 Å². The van der Waals surface area contributed by atoms with Crippen LogP contribution >= 0.6 is 11.6 Å². The molecule has 2 aliphatic heterocycles. The van der Waals surface area contributed by atoms with Gasteiger partial charge in [-0.3, -0.25) is 0 Å². The lowest BCUT2D eigenvalue weighted by atomic mass is 10.2. The minimum absolute atomic E-state index is 0.0640. The average Bonchev–Trinajstić information content (AvgIpc) is 3.50. The van der Waals surface area contributed by atoms with Crippen LogP contribution in [-0.2, 0) is 23.7 Å². The number of nitrogens with zero attached hydrogens (tertiary/aromatic N) is 5. The van der Waals surface area contributed by atoms with Crippen LogP contribution in [0.25, 0.3) is 0 Å². The van der Waals surface area contributed by atoms with E-state index in [2.05, 4.69) is 20.0 Å². The van der Waals surface area contributed by atoms with E-state index >= 15 is 0 Å². The molecule has 2 saturated heterocycles. The van der Waals surface area contributed by atoms with Gasteiger partial charge in [0.05, 0.1) is 51.4 Å². The first kappa shape index (κ1) is 27.1. The smallest absolute Gasteiger partial charge is 0.332 e. The van der Waals surface area contributed by atoms with Gasteiger partial charge in [0.1, 0.15) is 19.0 Å². The summed E-state index contributed by atoms with van der Waals surface area (Å²) in [7, 11) is 0.